The van der Waals surface area contributed by atoms with Crippen molar-refractivity contribution in [1.29, 1.82) is 0 Å². The van der Waals surface area contributed by atoms with Gasteiger partial charge in [-0.05, 0) is 38.9 Å². The summed E-state index contributed by atoms with van der Waals surface area (Å²) in [4.78, 5) is 30.4. The first-order valence-electron chi connectivity index (χ1n) is 16.8. The number of nitrogens with zero attached hydrogens (tertiary/aromatic N) is 1. The number of amides is 1. The second kappa shape index (κ2) is 15.2. The van der Waals surface area contributed by atoms with E-state index >= 15 is 4.79 Å². The van der Waals surface area contributed by atoms with Crippen molar-refractivity contribution >= 4 is 24.7 Å². The number of carbonyl (C=O) groups excluding carboxylic acids is 2. The molecule has 7 rings (SSSR count). The monoisotopic (exact) mass is 751 g/mol. The Kier molecular flexibility index (Phi) is 10.2. The first-order chi connectivity index (χ1) is 26.2. The molecular formula is C43H30F5NO4S. The molecule has 0 saturated heterocycles. The summed E-state index contributed by atoms with van der Waals surface area (Å²) in [5, 5.41) is 0. The van der Waals surface area contributed by atoms with Crippen LogP contribution in [-0.4, -0.2) is 35.4 Å². The number of fused-ring (bicyclic) bond motifs is 3. The van der Waals surface area contributed by atoms with Gasteiger partial charge in [-0.2, -0.15) is 21.4 Å². The van der Waals surface area contributed by atoms with Gasteiger partial charge in [0.25, 0.3) is 0 Å². The number of benzene rings is 6. The van der Waals surface area contributed by atoms with Crippen molar-refractivity contribution < 1.29 is 41.0 Å². The zero-order valence-electron chi connectivity index (χ0n) is 28.3. The molecule has 6 aromatic rings. The molecule has 1 atom stereocenters. The molecule has 6 aromatic carbocycles. The van der Waals surface area contributed by atoms with E-state index in [0.29, 0.717) is 16.7 Å². The zero-order chi connectivity index (χ0) is 38.0. The van der Waals surface area contributed by atoms with Crippen molar-refractivity contribution in [2.24, 2.45) is 0 Å². The summed E-state index contributed by atoms with van der Waals surface area (Å²) in [7, 11) is 0. The van der Waals surface area contributed by atoms with E-state index in [2.05, 4.69) is 12.6 Å². The predicted octanol–water partition coefficient (Wildman–Crippen LogP) is 9.83. The third-order valence-electron chi connectivity index (χ3n) is 9.60. The van der Waals surface area contributed by atoms with Crippen molar-refractivity contribution in [3.63, 3.8) is 0 Å². The average molecular weight is 752 g/mol. The summed E-state index contributed by atoms with van der Waals surface area (Å²) in [5.41, 5.74) is 3.43. The smallest absolute Gasteiger partial charge is 0.411 e. The van der Waals surface area contributed by atoms with E-state index in [-0.39, 0.29) is 6.61 Å². The van der Waals surface area contributed by atoms with E-state index in [1.807, 2.05) is 48.5 Å². The Bertz CT molecular complexity index is 2160. The molecule has 272 valence electrons. The van der Waals surface area contributed by atoms with Gasteiger partial charge >= 0.3 is 12.1 Å². The van der Waals surface area contributed by atoms with Crippen LogP contribution < -0.4 is 4.74 Å². The lowest BCUT2D eigenvalue weighted by atomic mass is 9.75. The van der Waals surface area contributed by atoms with Crippen LogP contribution in [0.25, 0.3) is 11.1 Å². The van der Waals surface area contributed by atoms with Crippen molar-refractivity contribution in [2.45, 2.75) is 17.5 Å². The number of carbonyl (C=O) groups is 2. The fourth-order valence-corrected chi connectivity index (χ4v) is 7.53. The van der Waals surface area contributed by atoms with Crippen LogP contribution in [-0.2, 0) is 15.1 Å². The molecule has 0 aliphatic heterocycles. The second-order valence-corrected chi connectivity index (χ2v) is 12.9. The van der Waals surface area contributed by atoms with Gasteiger partial charge in [-0.25, -0.2) is 22.8 Å². The van der Waals surface area contributed by atoms with E-state index in [0.717, 1.165) is 27.2 Å². The van der Waals surface area contributed by atoms with E-state index < -0.39 is 70.1 Å². The number of hydrogen-bond donors (Lipinski definition) is 1. The summed E-state index contributed by atoms with van der Waals surface area (Å²) in [6.45, 7) is -0.191. The normalized spacial score (nSPS) is 12.8. The molecule has 11 heteroatoms. The van der Waals surface area contributed by atoms with Gasteiger partial charge in [-0.15, -0.1) is 0 Å². The third kappa shape index (κ3) is 6.18. The molecule has 1 aliphatic rings. The highest BCUT2D eigenvalue weighted by Crippen LogP contribution is 2.47. The van der Waals surface area contributed by atoms with Gasteiger partial charge in [-0.3, -0.25) is 4.90 Å². The lowest BCUT2D eigenvalue weighted by Gasteiger charge is -2.47. The SMILES string of the molecule is O=C(Oc1c(F)c(F)c(F)c(F)c1F)[C@H](CS)N(C(=O)OCC1c2ccccc2-c2ccccc21)C(c1ccccc1)(c1ccccc1)c1ccccc1. The molecule has 1 aliphatic carbocycles. The topological polar surface area (TPSA) is 55.8 Å². The number of thiol groups is 1. The van der Waals surface area contributed by atoms with Crippen LogP contribution in [0.2, 0.25) is 0 Å². The van der Waals surface area contributed by atoms with Crippen LogP contribution in [0.1, 0.15) is 33.7 Å². The van der Waals surface area contributed by atoms with E-state index in [1.165, 1.54) is 0 Å². The molecule has 0 radical (unpaired) electrons. The Morgan fingerprint density at radius 2 is 0.981 bits per heavy atom. The van der Waals surface area contributed by atoms with Crippen LogP contribution in [0.3, 0.4) is 0 Å². The maximum Gasteiger partial charge on any atom is 0.411 e. The molecule has 0 N–H and O–H groups in total. The van der Waals surface area contributed by atoms with E-state index in [4.69, 9.17) is 9.47 Å². The minimum absolute atomic E-state index is 0.191. The average Bonchev–Trinajstić information content (AvgIpc) is 3.54. The highest BCUT2D eigenvalue weighted by atomic mass is 32.1. The maximum absolute atomic E-state index is 15.1. The summed E-state index contributed by atoms with van der Waals surface area (Å²) >= 11 is 4.42. The Morgan fingerprint density at radius 3 is 1.41 bits per heavy atom. The second-order valence-electron chi connectivity index (χ2n) is 12.5. The maximum atomic E-state index is 15.1. The van der Waals surface area contributed by atoms with Crippen LogP contribution in [0.15, 0.2) is 140 Å². The molecule has 0 bridgehead atoms. The summed E-state index contributed by atoms with van der Waals surface area (Å²) < 4.78 is 83.6. The highest BCUT2D eigenvalue weighted by Gasteiger charge is 2.51. The first kappa shape index (κ1) is 36.4. The van der Waals surface area contributed by atoms with E-state index in [9.17, 15) is 26.7 Å². The summed E-state index contributed by atoms with van der Waals surface area (Å²) in [6, 6.07) is 39.6. The fraction of sp³-hybridized carbons (Fsp3) is 0.116. The molecule has 54 heavy (non-hydrogen) atoms. The highest BCUT2D eigenvalue weighted by molar-refractivity contribution is 7.80. The van der Waals surface area contributed by atoms with Gasteiger partial charge < -0.3 is 9.47 Å². The molecular weight excluding hydrogens is 722 g/mol. The van der Waals surface area contributed by atoms with Gasteiger partial charge in [0.15, 0.2) is 0 Å². The predicted molar refractivity (Wildman–Crippen MR) is 196 cm³/mol. The minimum Gasteiger partial charge on any atom is -0.448 e. The summed E-state index contributed by atoms with van der Waals surface area (Å²) in [5.74, 6) is -16.0. The summed E-state index contributed by atoms with van der Waals surface area (Å²) in [6.07, 6.45) is -1.05. The molecule has 0 fully saturated rings. The number of esters is 1. The molecule has 1 amide bonds. The quantitative estimate of drug-likeness (QED) is 0.0288. The minimum atomic E-state index is -2.42. The van der Waals surface area contributed by atoms with Gasteiger partial charge in [0.05, 0.1) is 0 Å². The lowest BCUT2D eigenvalue weighted by Crippen LogP contribution is -2.60. The van der Waals surface area contributed by atoms with Crippen molar-refractivity contribution in [2.75, 3.05) is 12.4 Å². The van der Waals surface area contributed by atoms with Crippen molar-refractivity contribution in [1.82, 2.24) is 4.90 Å². The van der Waals surface area contributed by atoms with Crippen molar-refractivity contribution in [3.05, 3.63) is 196 Å². The molecule has 5 nitrogen and oxygen atoms in total. The van der Waals surface area contributed by atoms with Gasteiger partial charge in [0.1, 0.15) is 18.2 Å². The molecule has 0 heterocycles. The zero-order valence-corrected chi connectivity index (χ0v) is 29.2. The van der Waals surface area contributed by atoms with Crippen LogP contribution in [0.4, 0.5) is 26.7 Å². The van der Waals surface area contributed by atoms with Crippen LogP contribution in [0, 0.1) is 29.1 Å². The molecule has 0 aromatic heterocycles. The molecule has 0 spiro atoms. The lowest BCUT2D eigenvalue weighted by molar-refractivity contribution is -0.141. The van der Waals surface area contributed by atoms with E-state index in [1.54, 1.807) is 91.0 Å². The number of rotatable bonds is 10. The van der Waals surface area contributed by atoms with Crippen LogP contribution >= 0.6 is 12.6 Å². The number of hydrogen-bond acceptors (Lipinski definition) is 5. The van der Waals surface area contributed by atoms with Gasteiger partial charge in [0, 0.05) is 11.7 Å². The largest absolute Gasteiger partial charge is 0.448 e. The first-order valence-corrected chi connectivity index (χ1v) is 17.5. The Morgan fingerprint density at radius 1 is 0.593 bits per heavy atom. The standard InChI is InChI=1S/C43H30F5NO4S/c44-35-36(45)38(47)40(39(48)37(35)46)53-41(50)34(25-54)49(42(51)52-24-33-31-22-12-10-20-29(31)30-21-11-13-23-32(30)33)43(26-14-4-1-5-15-26,27-16-6-2-7-17-27)28-18-8-3-9-19-28/h1-23,33-34,54H,24-25H2/t34-/m0/s1. The number of ether oxygens (including phenoxy) is 2. The molecule has 0 saturated carbocycles. The van der Waals surface area contributed by atoms with Crippen LogP contribution in [0.5, 0.6) is 5.75 Å². The Labute approximate surface area is 313 Å². The Hall–Kier alpha value is -5.94. The van der Waals surface area contributed by atoms with Crippen molar-refractivity contribution in [3.8, 4) is 16.9 Å². The van der Waals surface area contributed by atoms with Gasteiger partial charge in [0.2, 0.25) is 34.8 Å². The third-order valence-corrected chi connectivity index (χ3v) is 9.94. The van der Waals surface area contributed by atoms with Gasteiger partial charge in [-0.1, -0.05) is 140 Å². The molecule has 0 unspecified atom stereocenters. The Balaban J connectivity index is 1.41. The fourth-order valence-electron chi connectivity index (χ4n) is 7.22. The number of halogens is 5.